The van der Waals surface area contributed by atoms with E-state index in [0.29, 0.717) is 11.6 Å². The number of rotatable bonds is 4. The smallest absolute Gasteiger partial charge is 0.119 e. The maximum absolute atomic E-state index is 5.75. The number of ether oxygens (including phenoxy) is 1. The van der Waals surface area contributed by atoms with Gasteiger partial charge in [-0.2, -0.15) is 0 Å². The fourth-order valence-corrected chi connectivity index (χ4v) is 2.17. The lowest BCUT2D eigenvalue weighted by molar-refractivity contribution is 0.306. The molecule has 2 aromatic rings. The van der Waals surface area contributed by atoms with E-state index in [1.165, 1.54) is 16.7 Å². The fourth-order valence-electron chi connectivity index (χ4n) is 2.03. The minimum Gasteiger partial charge on any atom is -0.489 e. The van der Waals surface area contributed by atoms with Gasteiger partial charge in [0.1, 0.15) is 17.3 Å². The Morgan fingerprint density at radius 2 is 1.63 bits per heavy atom. The number of aryl methyl sites for hydroxylation is 2. The van der Waals surface area contributed by atoms with E-state index in [-0.39, 0.29) is 0 Å². The van der Waals surface area contributed by atoms with Crippen LogP contribution in [-0.2, 0) is 6.61 Å². The van der Waals surface area contributed by atoms with Crippen LogP contribution in [-0.4, -0.2) is 4.99 Å². The Bertz CT molecular complexity index is 570. The van der Waals surface area contributed by atoms with E-state index >= 15 is 0 Å². The normalized spacial score (nSPS) is 10.2. The molecule has 0 saturated carbocycles. The molecule has 19 heavy (non-hydrogen) atoms. The average Bonchev–Trinajstić information content (AvgIpc) is 2.36. The summed E-state index contributed by atoms with van der Waals surface area (Å²) >= 11 is 4.91. The molecule has 2 nitrogen and oxygen atoms in total. The van der Waals surface area contributed by atoms with Crippen molar-refractivity contribution in [2.75, 3.05) is 0 Å². The van der Waals surface area contributed by atoms with Crippen LogP contribution in [0, 0.1) is 13.8 Å². The van der Waals surface area contributed by atoms with Gasteiger partial charge in [0.2, 0.25) is 0 Å². The maximum Gasteiger partial charge on any atom is 0.119 e. The van der Waals surface area contributed by atoms with E-state index < -0.39 is 0 Å². The van der Waals surface area contributed by atoms with Gasteiger partial charge >= 0.3 is 0 Å². The van der Waals surface area contributed by atoms with Crippen molar-refractivity contribution >= 4 is 17.2 Å². The second-order valence-electron chi connectivity index (χ2n) is 4.67. The van der Waals surface area contributed by atoms with Crippen LogP contribution in [0.25, 0.3) is 0 Å². The first-order chi connectivity index (χ1) is 9.04. The summed E-state index contributed by atoms with van der Waals surface area (Å²) in [5.41, 5.74) is 10.1. The Labute approximate surface area is 119 Å². The third kappa shape index (κ3) is 3.80. The van der Waals surface area contributed by atoms with Gasteiger partial charge in [0.25, 0.3) is 0 Å². The third-order valence-electron chi connectivity index (χ3n) is 2.83. The van der Waals surface area contributed by atoms with E-state index in [4.69, 9.17) is 22.7 Å². The number of thiocarbonyl (C=S) groups is 1. The van der Waals surface area contributed by atoms with Gasteiger partial charge < -0.3 is 10.5 Å². The van der Waals surface area contributed by atoms with Crippen molar-refractivity contribution in [1.29, 1.82) is 0 Å². The van der Waals surface area contributed by atoms with Crippen LogP contribution >= 0.6 is 12.2 Å². The van der Waals surface area contributed by atoms with Gasteiger partial charge in [-0.15, -0.1) is 0 Å². The van der Waals surface area contributed by atoms with Crippen LogP contribution in [0.5, 0.6) is 5.75 Å². The zero-order valence-corrected chi connectivity index (χ0v) is 12.0. The monoisotopic (exact) mass is 271 g/mol. The van der Waals surface area contributed by atoms with Gasteiger partial charge in [-0.3, -0.25) is 0 Å². The molecule has 0 radical (unpaired) electrons. The molecule has 0 amide bonds. The lowest BCUT2D eigenvalue weighted by Crippen LogP contribution is -2.08. The van der Waals surface area contributed by atoms with Crippen LogP contribution in [0.2, 0.25) is 0 Å². The zero-order chi connectivity index (χ0) is 13.8. The number of hydrogen-bond acceptors (Lipinski definition) is 2. The molecule has 0 aromatic heterocycles. The van der Waals surface area contributed by atoms with E-state index in [9.17, 15) is 0 Å². The summed E-state index contributed by atoms with van der Waals surface area (Å²) < 4.78 is 5.75. The predicted molar refractivity (Wildman–Crippen MR) is 82.6 cm³/mol. The topological polar surface area (TPSA) is 35.2 Å². The van der Waals surface area contributed by atoms with E-state index in [1.54, 1.807) is 0 Å². The summed E-state index contributed by atoms with van der Waals surface area (Å²) in [6.45, 7) is 4.75. The van der Waals surface area contributed by atoms with Gasteiger partial charge in [0.15, 0.2) is 0 Å². The molecule has 2 rings (SSSR count). The lowest BCUT2D eigenvalue weighted by Gasteiger charge is -2.08. The third-order valence-corrected chi connectivity index (χ3v) is 3.06. The Morgan fingerprint density at radius 3 is 2.16 bits per heavy atom. The molecule has 2 N–H and O–H groups in total. The zero-order valence-electron chi connectivity index (χ0n) is 11.1. The van der Waals surface area contributed by atoms with Crippen molar-refractivity contribution in [2.45, 2.75) is 20.5 Å². The molecule has 3 heteroatoms. The largest absolute Gasteiger partial charge is 0.489 e. The highest BCUT2D eigenvalue weighted by molar-refractivity contribution is 7.80. The molecule has 0 aliphatic rings. The Morgan fingerprint density at radius 1 is 1.05 bits per heavy atom. The molecule has 0 aliphatic carbocycles. The van der Waals surface area contributed by atoms with Gasteiger partial charge in [0.05, 0.1) is 0 Å². The number of hydrogen-bond donors (Lipinski definition) is 1. The van der Waals surface area contributed by atoms with Crippen molar-refractivity contribution in [3.63, 3.8) is 0 Å². The molecule has 0 bridgehead atoms. The molecule has 0 saturated heterocycles. The minimum absolute atomic E-state index is 0.404. The first-order valence-corrected chi connectivity index (χ1v) is 6.55. The number of benzene rings is 2. The molecular formula is C16H17NOS. The molecule has 0 heterocycles. The molecule has 98 valence electrons. The molecular weight excluding hydrogens is 254 g/mol. The van der Waals surface area contributed by atoms with Crippen molar-refractivity contribution in [3.05, 3.63) is 64.7 Å². The number of nitrogens with two attached hydrogens (primary N) is 1. The fraction of sp³-hybridized carbons (Fsp3) is 0.188. The standard InChI is InChI=1S/C16H17NOS/c1-11-7-12(2)9-13(8-11)10-18-15-5-3-14(4-6-15)16(17)19/h3-9H,10H2,1-2H3,(H2,17,19). The van der Waals surface area contributed by atoms with Crippen LogP contribution in [0.4, 0.5) is 0 Å². The van der Waals surface area contributed by atoms with Crippen LogP contribution in [0.1, 0.15) is 22.3 Å². The summed E-state index contributed by atoms with van der Waals surface area (Å²) in [5.74, 6) is 0.819. The van der Waals surface area contributed by atoms with Gasteiger partial charge in [-0.25, -0.2) is 0 Å². The highest BCUT2D eigenvalue weighted by Crippen LogP contribution is 2.15. The molecule has 0 atom stereocenters. The van der Waals surface area contributed by atoms with Crippen LogP contribution < -0.4 is 10.5 Å². The van der Waals surface area contributed by atoms with Crippen molar-refractivity contribution in [3.8, 4) is 5.75 Å². The highest BCUT2D eigenvalue weighted by Gasteiger charge is 2.00. The summed E-state index contributed by atoms with van der Waals surface area (Å²) in [4.78, 5) is 0.404. The quantitative estimate of drug-likeness (QED) is 0.864. The predicted octanol–water partition coefficient (Wildman–Crippen LogP) is 3.52. The average molecular weight is 271 g/mol. The van der Waals surface area contributed by atoms with Crippen LogP contribution in [0.3, 0.4) is 0 Å². The molecule has 0 spiro atoms. The second kappa shape index (κ2) is 5.85. The van der Waals surface area contributed by atoms with E-state index in [2.05, 4.69) is 32.0 Å². The molecule has 0 fully saturated rings. The minimum atomic E-state index is 0.404. The van der Waals surface area contributed by atoms with Gasteiger partial charge in [0, 0.05) is 5.56 Å². The summed E-state index contributed by atoms with van der Waals surface area (Å²) in [6.07, 6.45) is 0. The molecule has 0 unspecified atom stereocenters. The second-order valence-corrected chi connectivity index (χ2v) is 5.11. The van der Waals surface area contributed by atoms with Crippen molar-refractivity contribution in [2.24, 2.45) is 5.73 Å². The van der Waals surface area contributed by atoms with Crippen LogP contribution in [0.15, 0.2) is 42.5 Å². The van der Waals surface area contributed by atoms with E-state index in [0.717, 1.165) is 11.3 Å². The highest BCUT2D eigenvalue weighted by atomic mass is 32.1. The van der Waals surface area contributed by atoms with Gasteiger partial charge in [-0.1, -0.05) is 41.5 Å². The first-order valence-electron chi connectivity index (χ1n) is 6.14. The Balaban J connectivity index is 2.03. The molecule has 0 aliphatic heterocycles. The Hall–Kier alpha value is -1.87. The summed E-state index contributed by atoms with van der Waals surface area (Å²) in [6, 6.07) is 13.9. The van der Waals surface area contributed by atoms with E-state index in [1.807, 2.05) is 24.3 Å². The first kappa shape index (κ1) is 13.6. The summed E-state index contributed by atoms with van der Waals surface area (Å²) in [7, 11) is 0. The lowest BCUT2D eigenvalue weighted by atomic mass is 10.1. The Kier molecular flexibility index (Phi) is 4.17. The summed E-state index contributed by atoms with van der Waals surface area (Å²) in [5, 5.41) is 0. The van der Waals surface area contributed by atoms with Crippen molar-refractivity contribution < 1.29 is 4.74 Å². The maximum atomic E-state index is 5.75. The SMILES string of the molecule is Cc1cc(C)cc(COc2ccc(C(N)=S)cc2)c1. The van der Waals surface area contributed by atoms with Gasteiger partial charge in [-0.05, 0) is 43.7 Å². The molecule has 2 aromatic carbocycles. The van der Waals surface area contributed by atoms with Crippen molar-refractivity contribution in [1.82, 2.24) is 0 Å².